The largest absolute Gasteiger partial charge is 0.482 e. The van der Waals surface area contributed by atoms with E-state index in [-0.39, 0.29) is 35.1 Å². The van der Waals surface area contributed by atoms with Crippen LogP contribution in [0.5, 0.6) is 0 Å². The summed E-state index contributed by atoms with van der Waals surface area (Å²) in [5.41, 5.74) is 0.684. The number of benzene rings is 1. The topological polar surface area (TPSA) is 77.1 Å². The SMILES string of the molecule is CC(C)(C)OC(=O)N1CCC(CCCC(=O)N[C@@H](Cc2ccccc2)B2O[C@@H]3C[C@@H]4C[C@@H](C4(C)C)[C@]3(C)O2)CC1. The summed E-state index contributed by atoms with van der Waals surface area (Å²) in [5.74, 6) is 1.55. The van der Waals surface area contributed by atoms with Crippen molar-refractivity contribution >= 4 is 19.1 Å². The summed E-state index contributed by atoms with van der Waals surface area (Å²) >= 11 is 0. The number of hydrogen-bond acceptors (Lipinski definition) is 5. The molecule has 5 fully saturated rings. The van der Waals surface area contributed by atoms with E-state index in [9.17, 15) is 9.59 Å². The Bertz CT molecular complexity index is 1050. The quantitative estimate of drug-likeness (QED) is 0.413. The summed E-state index contributed by atoms with van der Waals surface area (Å²) in [7, 11) is -0.438. The standard InChI is InChI=1S/C32H49BN2O5/c1-30(2,3)38-29(37)35-17-15-22(16-18-35)13-10-14-28(36)34-27(19-23-11-8-7-9-12-23)33-39-26-21-24-20-25(31(24,4)5)32(26,6)40-33/h7-9,11-12,22,24-27H,10,13-21H2,1-6H3,(H,34,36)/t24-,25-,26+,27-,32-/m0/s1. The number of hydrogen-bond donors (Lipinski definition) is 1. The maximum atomic E-state index is 13.2. The zero-order valence-electron chi connectivity index (χ0n) is 25.4. The van der Waals surface area contributed by atoms with Crippen molar-refractivity contribution in [2.45, 2.75) is 116 Å². The molecule has 2 bridgehead atoms. The Kier molecular flexibility index (Phi) is 8.33. The van der Waals surface area contributed by atoms with Gasteiger partial charge in [0.2, 0.25) is 5.91 Å². The fraction of sp³-hybridized carbons (Fsp3) is 0.750. The molecular weight excluding hydrogens is 503 g/mol. The van der Waals surface area contributed by atoms with Crippen LogP contribution in [-0.4, -0.2) is 60.4 Å². The van der Waals surface area contributed by atoms with Crippen LogP contribution >= 0.6 is 0 Å². The lowest BCUT2D eigenvalue weighted by atomic mass is 9.43. The van der Waals surface area contributed by atoms with E-state index in [1.165, 1.54) is 12.0 Å². The molecule has 5 aliphatic rings. The van der Waals surface area contributed by atoms with E-state index in [0.717, 1.165) is 45.2 Å². The van der Waals surface area contributed by atoms with Crippen molar-refractivity contribution < 1.29 is 23.6 Å². The van der Waals surface area contributed by atoms with E-state index >= 15 is 0 Å². The van der Waals surface area contributed by atoms with Crippen LogP contribution in [0.15, 0.2) is 30.3 Å². The summed E-state index contributed by atoms with van der Waals surface area (Å²) in [4.78, 5) is 27.4. The van der Waals surface area contributed by atoms with Crippen molar-refractivity contribution in [2.24, 2.45) is 23.2 Å². The van der Waals surface area contributed by atoms with Gasteiger partial charge in [-0.2, -0.15) is 0 Å². The predicted octanol–water partition coefficient (Wildman–Crippen LogP) is 5.80. The van der Waals surface area contributed by atoms with Gasteiger partial charge in [0.05, 0.1) is 17.6 Å². The highest BCUT2D eigenvalue weighted by Gasteiger charge is 2.68. The minimum absolute atomic E-state index is 0.0592. The van der Waals surface area contributed by atoms with Crippen LogP contribution in [0.3, 0.4) is 0 Å². The number of nitrogens with one attached hydrogen (secondary N) is 1. The van der Waals surface area contributed by atoms with Gasteiger partial charge >= 0.3 is 13.2 Å². The summed E-state index contributed by atoms with van der Waals surface area (Å²) < 4.78 is 18.8. The molecule has 2 aliphatic heterocycles. The molecular formula is C32H49BN2O5. The van der Waals surface area contributed by atoms with Crippen LogP contribution in [0.2, 0.25) is 0 Å². The zero-order chi connectivity index (χ0) is 28.7. The Morgan fingerprint density at radius 3 is 2.48 bits per heavy atom. The number of likely N-dealkylation sites (tertiary alicyclic amines) is 1. The Labute approximate surface area is 241 Å². The maximum Gasteiger partial charge on any atom is 0.482 e. The van der Waals surface area contributed by atoms with Crippen molar-refractivity contribution in [3.05, 3.63) is 35.9 Å². The molecule has 0 aromatic heterocycles. The smallest absolute Gasteiger partial charge is 0.444 e. The van der Waals surface area contributed by atoms with E-state index < -0.39 is 12.7 Å². The lowest BCUT2D eigenvalue weighted by molar-refractivity contribution is -0.199. The number of amides is 2. The van der Waals surface area contributed by atoms with Crippen molar-refractivity contribution in [2.75, 3.05) is 13.1 Å². The predicted molar refractivity (Wildman–Crippen MR) is 157 cm³/mol. The number of piperidine rings is 1. The molecule has 2 amide bonds. The van der Waals surface area contributed by atoms with Crippen molar-refractivity contribution in [3.63, 3.8) is 0 Å². The number of ether oxygens (including phenoxy) is 1. The first-order valence-corrected chi connectivity index (χ1v) is 15.5. The highest BCUT2D eigenvalue weighted by Crippen LogP contribution is 2.65. The average molecular weight is 553 g/mol. The fourth-order valence-electron chi connectivity index (χ4n) is 7.72. The van der Waals surface area contributed by atoms with Gasteiger partial charge in [0.15, 0.2) is 0 Å². The molecule has 0 radical (unpaired) electrons. The van der Waals surface area contributed by atoms with Crippen molar-refractivity contribution in [1.82, 2.24) is 10.2 Å². The minimum Gasteiger partial charge on any atom is -0.444 e. The van der Waals surface area contributed by atoms with Gasteiger partial charge in [0.25, 0.3) is 0 Å². The van der Waals surface area contributed by atoms with Crippen molar-refractivity contribution in [3.8, 4) is 0 Å². The third kappa shape index (κ3) is 6.23. The zero-order valence-corrected chi connectivity index (χ0v) is 25.4. The Hall–Kier alpha value is -2.06. The van der Waals surface area contributed by atoms with Gasteiger partial charge in [0, 0.05) is 19.5 Å². The van der Waals surface area contributed by atoms with Crippen LogP contribution < -0.4 is 5.32 Å². The summed E-state index contributed by atoms with van der Waals surface area (Å²) in [5, 5.41) is 3.31. The van der Waals surface area contributed by atoms with Crippen LogP contribution in [-0.2, 0) is 25.3 Å². The lowest BCUT2D eigenvalue weighted by Crippen LogP contribution is -2.65. The van der Waals surface area contributed by atoms with Gasteiger partial charge in [0.1, 0.15) is 5.60 Å². The molecule has 2 heterocycles. The number of rotatable bonds is 8. The van der Waals surface area contributed by atoms with Crippen LogP contribution in [0.4, 0.5) is 4.79 Å². The van der Waals surface area contributed by atoms with Gasteiger partial charge < -0.3 is 24.3 Å². The summed E-state index contributed by atoms with van der Waals surface area (Å²) in [6.07, 6.45) is 7.04. The van der Waals surface area contributed by atoms with Gasteiger partial charge in [-0.1, -0.05) is 44.2 Å². The molecule has 3 aliphatic carbocycles. The summed E-state index contributed by atoms with van der Waals surface area (Å²) in [6, 6.07) is 10.3. The van der Waals surface area contributed by atoms with Gasteiger partial charge in [-0.3, -0.25) is 4.79 Å². The van der Waals surface area contributed by atoms with E-state index in [4.69, 9.17) is 14.0 Å². The molecule has 220 valence electrons. The molecule has 2 saturated heterocycles. The second-order valence-corrected chi connectivity index (χ2v) is 14.5. The minimum atomic E-state index is -0.471. The first-order valence-electron chi connectivity index (χ1n) is 15.5. The van der Waals surface area contributed by atoms with E-state index in [2.05, 4.69) is 38.2 Å². The second-order valence-electron chi connectivity index (χ2n) is 14.5. The number of carbonyl (C=O) groups is 2. The molecule has 1 aromatic carbocycles. The number of nitrogens with zero attached hydrogens (tertiary/aromatic N) is 1. The monoisotopic (exact) mass is 552 g/mol. The second kappa shape index (κ2) is 11.3. The van der Waals surface area contributed by atoms with Crippen LogP contribution in [0.1, 0.15) is 92.1 Å². The highest BCUT2D eigenvalue weighted by atomic mass is 16.7. The third-order valence-corrected chi connectivity index (χ3v) is 10.2. The molecule has 6 rings (SSSR count). The molecule has 8 heteroatoms. The molecule has 7 nitrogen and oxygen atoms in total. The molecule has 3 saturated carbocycles. The average Bonchev–Trinajstić information content (AvgIpc) is 3.25. The molecule has 5 atom stereocenters. The fourth-order valence-corrected chi connectivity index (χ4v) is 7.72. The highest BCUT2D eigenvalue weighted by molar-refractivity contribution is 6.48. The van der Waals surface area contributed by atoms with Gasteiger partial charge in [-0.25, -0.2) is 4.79 Å². The van der Waals surface area contributed by atoms with E-state index in [1.807, 2.05) is 43.9 Å². The van der Waals surface area contributed by atoms with Crippen LogP contribution in [0.25, 0.3) is 0 Å². The normalized spacial score (nSPS) is 30.3. The first-order chi connectivity index (χ1) is 18.8. The van der Waals surface area contributed by atoms with Crippen molar-refractivity contribution in [1.29, 1.82) is 0 Å². The van der Waals surface area contributed by atoms with Crippen LogP contribution in [0, 0.1) is 23.2 Å². The molecule has 1 aromatic rings. The summed E-state index contributed by atoms with van der Waals surface area (Å²) in [6.45, 7) is 14.1. The maximum absolute atomic E-state index is 13.2. The third-order valence-electron chi connectivity index (χ3n) is 10.2. The molecule has 0 spiro atoms. The first kappa shape index (κ1) is 29.4. The Morgan fingerprint density at radius 2 is 1.82 bits per heavy atom. The van der Waals surface area contributed by atoms with Gasteiger partial charge in [-0.15, -0.1) is 0 Å². The number of carbonyl (C=O) groups excluding carboxylic acids is 2. The molecule has 40 heavy (non-hydrogen) atoms. The van der Waals surface area contributed by atoms with Gasteiger partial charge in [-0.05, 0) is 101 Å². The van der Waals surface area contributed by atoms with E-state index in [1.54, 1.807) is 0 Å². The van der Waals surface area contributed by atoms with E-state index in [0.29, 0.717) is 30.6 Å². The Balaban J connectivity index is 1.13. The lowest BCUT2D eigenvalue weighted by Gasteiger charge is -2.64. The molecule has 1 N–H and O–H groups in total. The molecule has 0 unspecified atom stereocenters. The Morgan fingerprint density at radius 1 is 1.12 bits per heavy atom.